The molecule has 0 bridgehead atoms. The van der Waals surface area contributed by atoms with Gasteiger partial charge in [0, 0.05) is 31.9 Å². The van der Waals surface area contributed by atoms with E-state index in [0.717, 1.165) is 44.7 Å². The van der Waals surface area contributed by atoms with Crippen LogP contribution in [0.4, 0.5) is 20.6 Å². The molecule has 2 aliphatic rings. The number of fused-ring (bicyclic) bond motifs is 1. The molecule has 0 spiro atoms. The van der Waals surface area contributed by atoms with Gasteiger partial charge in [0.2, 0.25) is 0 Å². The van der Waals surface area contributed by atoms with Gasteiger partial charge in [-0.15, -0.1) is 5.10 Å². The second-order valence-electron chi connectivity index (χ2n) is 7.41. The highest BCUT2D eigenvalue weighted by atomic mass is 19.1. The first-order chi connectivity index (χ1) is 14.7. The van der Waals surface area contributed by atoms with Crippen molar-refractivity contribution in [2.45, 2.75) is 12.8 Å². The van der Waals surface area contributed by atoms with Crippen molar-refractivity contribution in [3.63, 3.8) is 0 Å². The molecule has 0 atom stereocenters. The van der Waals surface area contributed by atoms with Crippen LogP contribution in [0, 0.1) is 5.82 Å². The molecule has 1 aromatic carbocycles. The Bertz CT molecular complexity index is 1070. The highest BCUT2D eigenvalue weighted by molar-refractivity contribution is 5.90. The van der Waals surface area contributed by atoms with E-state index in [4.69, 9.17) is 4.74 Å². The molecule has 0 radical (unpaired) electrons. The van der Waals surface area contributed by atoms with Gasteiger partial charge < -0.3 is 19.9 Å². The van der Waals surface area contributed by atoms with Crippen LogP contribution in [0.3, 0.4) is 0 Å². The Kier molecular flexibility index (Phi) is 4.91. The third kappa shape index (κ3) is 3.65. The van der Waals surface area contributed by atoms with Gasteiger partial charge in [0.05, 0.1) is 36.9 Å². The Balaban J connectivity index is 1.41. The second kappa shape index (κ2) is 7.86. The predicted octanol–water partition coefficient (Wildman–Crippen LogP) is 2.39. The molecule has 0 saturated carbocycles. The van der Waals surface area contributed by atoms with Crippen molar-refractivity contribution in [2.24, 2.45) is 0 Å². The van der Waals surface area contributed by atoms with Crippen LogP contribution in [0.15, 0.2) is 30.6 Å². The fraction of sp³-hybridized carbons (Fsp3) is 0.400. The molecular formula is C20H22FN7O2. The number of nitrogens with zero attached hydrogens (tertiary/aromatic N) is 6. The van der Waals surface area contributed by atoms with Crippen molar-refractivity contribution in [2.75, 3.05) is 49.6 Å². The van der Waals surface area contributed by atoms with E-state index >= 15 is 0 Å². The number of likely N-dealkylation sites (tertiary alicyclic amines) is 1. The number of ether oxygens (including phenoxy) is 1. The van der Waals surface area contributed by atoms with Gasteiger partial charge in [0.15, 0.2) is 5.82 Å². The topological polar surface area (TPSA) is 87.9 Å². The van der Waals surface area contributed by atoms with Crippen LogP contribution in [-0.2, 0) is 4.74 Å². The van der Waals surface area contributed by atoms with E-state index in [2.05, 4.69) is 25.3 Å². The van der Waals surface area contributed by atoms with Gasteiger partial charge in [-0.3, -0.25) is 0 Å². The van der Waals surface area contributed by atoms with Crippen LogP contribution in [-0.4, -0.2) is 69.9 Å². The molecule has 2 amide bonds. The molecule has 10 heteroatoms. The van der Waals surface area contributed by atoms with Crippen LogP contribution in [0.25, 0.3) is 17.2 Å². The predicted molar refractivity (Wildman–Crippen MR) is 109 cm³/mol. The zero-order valence-electron chi connectivity index (χ0n) is 16.4. The van der Waals surface area contributed by atoms with Crippen LogP contribution in [0.5, 0.6) is 0 Å². The number of carbonyl (C=O) groups excluding carboxylic acids is 1. The first-order valence-electron chi connectivity index (χ1n) is 10.1. The molecule has 5 rings (SSSR count). The van der Waals surface area contributed by atoms with Gasteiger partial charge in [-0.1, -0.05) is 0 Å². The Hall–Kier alpha value is -3.27. The number of carbonyl (C=O) groups is 1. The molecule has 1 N–H and O–H groups in total. The Morgan fingerprint density at radius 2 is 1.93 bits per heavy atom. The number of rotatable bonds is 3. The van der Waals surface area contributed by atoms with Crippen LogP contribution in [0.2, 0.25) is 0 Å². The number of hydrogen-bond donors (Lipinski definition) is 1. The van der Waals surface area contributed by atoms with Crippen LogP contribution < -0.4 is 10.2 Å². The number of aromatic nitrogens is 4. The van der Waals surface area contributed by atoms with E-state index in [9.17, 15) is 9.18 Å². The van der Waals surface area contributed by atoms with E-state index in [-0.39, 0.29) is 17.4 Å². The number of benzene rings is 1. The zero-order valence-corrected chi connectivity index (χ0v) is 16.4. The van der Waals surface area contributed by atoms with Crippen LogP contribution >= 0.6 is 0 Å². The lowest BCUT2D eigenvalue weighted by molar-refractivity contribution is 0.122. The van der Waals surface area contributed by atoms with Crippen molar-refractivity contribution in [1.82, 2.24) is 24.5 Å². The van der Waals surface area contributed by atoms with Crippen molar-refractivity contribution in [1.29, 1.82) is 0 Å². The highest BCUT2D eigenvalue weighted by Gasteiger charge is 2.20. The standard InChI is InChI=1S/C20H22FN7O2/c21-17-4-3-14(23-20(29)27-5-1-2-6-27)11-16(17)18-24-19-22-12-15(13-28(19)25-18)26-7-9-30-10-8-26/h3-4,11-13H,1-2,5-10H2,(H,23,29). The molecule has 2 saturated heterocycles. The Labute approximate surface area is 172 Å². The lowest BCUT2D eigenvalue weighted by atomic mass is 10.2. The van der Waals surface area contributed by atoms with E-state index in [1.165, 1.54) is 12.1 Å². The number of hydrogen-bond acceptors (Lipinski definition) is 6. The van der Waals surface area contributed by atoms with Gasteiger partial charge in [-0.2, -0.15) is 4.98 Å². The third-order valence-electron chi connectivity index (χ3n) is 5.41. The summed E-state index contributed by atoms with van der Waals surface area (Å²) in [5.74, 6) is 0.141. The molecule has 3 aromatic rings. The maximum Gasteiger partial charge on any atom is 0.321 e. The Morgan fingerprint density at radius 1 is 1.13 bits per heavy atom. The summed E-state index contributed by atoms with van der Waals surface area (Å²) in [6.07, 6.45) is 5.59. The van der Waals surface area contributed by atoms with Gasteiger partial charge >= 0.3 is 6.03 Å². The van der Waals surface area contributed by atoms with Gasteiger partial charge in [0.1, 0.15) is 5.82 Å². The van der Waals surface area contributed by atoms with E-state index in [1.54, 1.807) is 21.7 Å². The monoisotopic (exact) mass is 411 g/mol. The molecule has 9 nitrogen and oxygen atoms in total. The molecule has 4 heterocycles. The maximum absolute atomic E-state index is 14.5. The van der Waals surface area contributed by atoms with Crippen molar-refractivity contribution < 1.29 is 13.9 Å². The normalized spacial score (nSPS) is 17.0. The minimum Gasteiger partial charge on any atom is -0.378 e. The van der Waals surface area contributed by atoms with Crippen molar-refractivity contribution in [3.8, 4) is 11.4 Å². The smallest absolute Gasteiger partial charge is 0.321 e. The zero-order chi connectivity index (χ0) is 20.5. The first kappa shape index (κ1) is 18.7. The van der Waals surface area contributed by atoms with E-state index in [0.29, 0.717) is 24.7 Å². The molecule has 0 unspecified atom stereocenters. The summed E-state index contributed by atoms with van der Waals surface area (Å²) < 4.78 is 21.5. The summed E-state index contributed by atoms with van der Waals surface area (Å²) in [5.41, 5.74) is 1.63. The number of anilines is 2. The number of morpholine rings is 1. The second-order valence-corrected chi connectivity index (χ2v) is 7.41. The van der Waals surface area contributed by atoms with Gasteiger partial charge in [-0.25, -0.2) is 18.7 Å². The molecule has 30 heavy (non-hydrogen) atoms. The first-order valence-corrected chi connectivity index (χ1v) is 10.1. The van der Waals surface area contributed by atoms with E-state index < -0.39 is 5.82 Å². The van der Waals surface area contributed by atoms with Gasteiger partial charge in [-0.05, 0) is 31.0 Å². The van der Waals surface area contributed by atoms with Gasteiger partial charge in [0.25, 0.3) is 5.78 Å². The molecular weight excluding hydrogens is 389 g/mol. The number of amides is 2. The summed E-state index contributed by atoms with van der Waals surface area (Å²) in [7, 11) is 0. The summed E-state index contributed by atoms with van der Waals surface area (Å²) in [5, 5.41) is 7.25. The summed E-state index contributed by atoms with van der Waals surface area (Å²) in [6, 6.07) is 4.23. The minimum atomic E-state index is -0.460. The summed E-state index contributed by atoms with van der Waals surface area (Å²) >= 11 is 0. The lowest BCUT2D eigenvalue weighted by Gasteiger charge is -2.28. The molecule has 2 aliphatic heterocycles. The fourth-order valence-corrected chi connectivity index (χ4v) is 3.77. The highest BCUT2D eigenvalue weighted by Crippen LogP contribution is 2.25. The molecule has 0 aliphatic carbocycles. The maximum atomic E-state index is 14.5. The quantitative estimate of drug-likeness (QED) is 0.712. The summed E-state index contributed by atoms with van der Waals surface area (Å²) in [6.45, 7) is 4.38. The SMILES string of the molecule is O=C(Nc1ccc(F)c(-c2nc3ncc(N4CCOCC4)cn3n2)c1)N1CCCC1. The lowest BCUT2D eigenvalue weighted by Crippen LogP contribution is -2.36. The summed E-state index contributed by atoms with van der Waals surface area (Å²) in [4.78, 5) is 25.0. The number of halogens is 1. The largest absolute Gasteiger partial charge is 0.378 e. The van der Waals surface area contributed by atoms with Crippen molar-refractivity contribution >= 4 is 23.2 Å². The Morgan fingerprint density at radius 3 is 2.73 bits per heavy atom. The average Bonchev–Trinajstić information content (AvgIpc) is 3.45. The fourth-order valence-electron chi connectivity index (χ4n) is 3.77. The molecule has 156 valence electrons. The number of nitrogens with one attached hydrogen (secondary N) is 1. The average molecular weight is 411 g/mol. The minimum absolute atomic E-state index is 0.176. The number of urea groups is 1. The molecule has 2 aromatic heterocycles. The van der Waals surface area contributed by atoms with Crippen LogP contribution in [0.1, 0.15) is 12.8 Å². The van der Waals surface area contributed by atoms with Crippen molar-refractivity contribution in [3.05, 3.63) is 36.4 Å². The molecule has 2 fully saturated rings. The third-order valence-corrected chi connectivity index (χ3v) is 5.41. The van der Waals surface area contributed by atoms with E-state index in [1.807, 2.05) is 6.20 Å².